The first-order valence-electron chi connectivity index (χ1n) is 17.1. The van der Waals surface area contributed by atoms with Crippen molar-refractivity contribution in [3.05, 3.63) is 0 Å². The predicted molar refractivity (Wildman–Crippen MR) is 167 cm³/mol. The van der Waals surface area contributed by atoms with Crippen molar-refractivity contribution < 1.29 is 64.9 Å². The van der Waals surface area contributed by atoms with Crippen LogP contribution >= 0.6 is 0 Å². The molecule has 0 fully saturated rings. The third-order valence-corrected chi connectivity index (χ3v) is 7.45. The van der Waals surface area contributed by atoms with Crippen LogP contribution in [0, 0.1) is 11.8 Å². The SMILES string of the molecule is CCCCCCCCCCC(CC)C(=O)C(=O)OOCC.CCCCCCCCCCC(CC)C(=O)C(=O)OOCC.[Zr]. The van der Waals surface area contributed by atoms with Gasteiger partial charge in [0.25, 0.3) is 0 Å². The summed E-state index contributed by atoms with van der Waals surface area (Å²) in [5, 5.41) is 0. The Morgan fingerprint density at radius 3 is 0.977 bits per heavy atom. The Morgan fingerprint density at radius 2 is 0.721 bits per heavy atom. The standard InChI is InChI=1S/2C17H32O4.Zr/c2*1-4-7-8-9-10-11-12-13-14-15(5-2)16(18)17(19)21-20-6-3;/h2*15H,4-14H2,1-3H3;. The maximum Gasteiger partial charge on any atom is 0.408 e. The average molecular weight is 692 g/mol. The molecule has 8 nitrogen and oxygen atoms in total. The maximum absolute atomic E-state index is 11.9. The smallest absolute Gasteiger partial charge is 0.289 e. The Balaban J connectivity index is -0.000000727. The molecule has 2 atom stereocenters. The minimum absolute atomic E-state index is 0. The van der Waals surface area contributed by atoms with E-state index in [2.05, 4.69) is 33.4 Å². The fraction of sp³-hybridized carbons (Fsp3) is 0.882. The van der Waals surface area contributed by atoms with E-state index in [-0.39, 0.29) is 51.3 Å². The molecular formula is C34H64O8Zr. The van der Waals surface area contributed by atoms with Gasteiger partial charge in [-0.05, 0) is 39.5 Å². The number of rotatable bonds is 28. The minimum Gasteiger partial charge on any atom is -0.289 e. The molecule has 0 N–H and O–H groups in total. The molecule has 43 heavy (non-hydrogen) atoms. The zero-order valence-corrected chi connectivity index (χ0v) is 30.9. The van der Waals surface area contributed by atoms with Gasteiger partial charge < -0.3 is 0 Å². The van der Waals surface area contributed by atoms with E-state index in [0.29, 0.717) is 12.8 Å². The van der Waals surface area contributed by atoms with Crippen molar-refractivity contribution >= 4 is 23.5 Å². The summed E-state index contributed by atoms with van der Waals surface area (Å²) in [6.45, 7) is 12.2. The summed E-state index contributed by atoms with van der Waals surface area (Å²) < 4.78 is 0. The van der Waals surface area contributed by atoms with E-state index in [0.717, 1.165) is 38.5 Å². The van der Waals surface area contributed by atoms with Gasteiger partial charge in [0, 0.05) is 38.0 Å². The second-order valence-corrected chi connectivity index (χ2v) is 11.0. The Labute approximate surface area is 282 Å². The maximum atomic E-state index is 11.9. The number of unbranched alkanes of at least 4 members (excludes halogenated alkanes) is 14. The summed E-state index contributed by atoms with van der Waals surface area (Å²) in [6.07, 6.45) is 22.6. The van der Waals surface area contributed by atoms with Crippen molar-refractivity contribution in [3.8, 4) is 0 Å². The summed E-state index contributed by atoms with van der Waals surface area (Å²) >= 11 is 0. The van der Waals surface area contributed by atoms with Crippen LogP contribution in [-0.4, -0.2) is 36.7 Å². The van der Waals surface area contributed by atoms with Crippen LogP contribution in [0.3, 0.4) is 0 Å². The van der Waals surface area contributed by atoms with E-state index in [1.165, 1.54) is 77.0 Å². The van der Waals surface area contributed by atoms with Crippen molar-refractivity contribution in [2.75, 3.05) is 13.2 Å². The van der Waals surface area contributed by atoms with Crippen molar-refractivity contribution in [1.82, 2.24) is 0 Å². The molecule has 0 saturated heterocycles. The first kappa shape index (κ1) is 46.5. The molecule has 0 amide bonds. The van der Waals surface area contributed by atoms with E-state index in [1.54, 1.807) is 13.8 Å². The first-order chi connectivity index (χ1) is 20.3. The van der Waals surface area contributed by atoms with Crippen molar-refractivity contribution in [3.63, 3.8) is 0 Å². The summed E-state index contributed by atoms with van der Waals surface area (Å²) in [7, 11) is 0. The molecule has 0 aromatic rings. The summed E-state index contributed by atoms with van der Waals surface area (Å²) in [6, 6.07) is 0. The van der Waals surface area contributed by atoms with Gasteiger partial charge in [0.15, 0.2) is 0 Å². The summed E-state index contributed by atoms with van der Waals surface area (Å²) in [5.74, 6) is -3.06. The number of hydrogen-bond acceptors (Lipinski definition) is 8. The van der Waals surface area contributed by atoms with Crippen LogP contribution in [0.15, 0.2) is 0 Å². The van der Waals surface area contributed by atoms with Crippen molar-refractivity contribution in [2.45, 2.75) is 170 Å². The Hall–Kier alpha value is -0.917. The zero-order valence-electron chi connectivity index (χ0n) is 28.5. The van der Waals surface area contributed by atoms with Crippen LogP contribution < -0.4 is 0 Å². The third kappa shape index (κ3) is 28.3. The van der Waals surface area contributed by atoms with Gasteiger partial charge in [0.05, 0.1) is 13.2 Å². The van der Waals surface area contributed by atoms with Crippen LogP contribution in [0.5, 0.6) is 0 Å². The van der Waals surface area contributed by atoms with Gasteiger partial charge in [-0.1, -0.05) is 130 Å². The van der Waals surface area contributed by atoms with E-state index in [1.807, 2.05) is 13.8 Å². The fourth-order valence-corrected chi connectivity index (χ4v) is 4.73. The fourth-order valence-electron chi connectivity index (χ4n) is 4.73. The second-order valence-electron chi connectivity index (χ2n) is 11.0. The van der Waals surface area contributed by atoms with E-state index in [4.69, 9.17) is 0 Å². The molecule has 0 saturated carbocycles. The molecule has 0 radical (unpaired) electrons. The van der Waals surface area contributed by atoms with Gasteiger partial charge in [-0.3, -0.25) is 19.4 Å². The van der Waals surface area contributed by atoms with Gasteiger partial charge in [0.2, 0.25) is 11.6 Å². The average Bonchev–Trinajstić information content (AvgIpc) is 3.00. The third-order valence-electron chi connectivity index (χ3n) is 7.45. The van der Waals surface area contributed by atoms with E-state index >= 15 is 0 Å². The second kappa shape index (κ2) is 35.6. The molecule has 0 aliphatic carbocycles. The van der Waals surface area contributed by atoms with Crippen LogP contribution in [0.25, 0.3) is 0 Å². The Morgan fingerprint density at radius 1 is 0.442 bits per heavy atom. The monoisotopic (exact) mass is 690 g/mol. The number of carbonyl (C=O) groups is 4. The van der Waals surface area contributed by atoms with Crippen molar-refractivity contribution in [1.29, 1.82) is 0 Å². The molecule has 0 rings (SSSR count). The molecule has 0 aliphatic heterocycles. The van der Waals surface area contributed by atoms with Gasteiger partial charge in [-0.2, -0.15) is 9.78 Å². The molecular weight excluding hydrogens is 628 g/mol. The molecule has 0 aromatic heterocycles. The Bertz CT molecular complexity index is 615. The van der Waals surface area contributed by atoms with E-state index in [9.17, 15) is 19.2 Å². The molecule has 0 aliphatic rings. The van der Waals surface area contributed by atoms with Crippen LogP contribution in [0.1, 0.15) is 170 Å². The number of hydrogen-bond donors (Lipinski definition) is 0. The zero-order chi connectivity index (χ0) is 31.8. The van der Waals surface area contributed by atoms with Crippen LogP contribution in [0.2, 0.25) is 0 Å². The first-order valence-corrected chi connectivity index (χ1v) is 17.1. The van der Waals surface area contributed by atoms with Gasteiger partial charge in [-0.25, -0.2) is 9.59 Å². The topological polar surface area (TPSA) is 105 Å². The molecule has 0 aromatic carbocycles. The Kier molecular flexibility index (Phi) is 38.5. The van der Waals surface area contributed by atoms with Crippen molar-refractivity contribution in [2.24, 2.45) is 11.8 Å². The molecule has 0 spiro atoms. The van der Waals surface area contributed by atoms with Crippen LogP contribution in [0.4, 0.5) is 0 Å². The molecule has 0 bridgehead atoms. The van der Waals surface area contributed by atoms with Gasteiger partial charge in [-0.15, -0.1) is 0 Å². The molecule has 252 valence electrons. The largest absolute Gasteiger partial charge is 0.408 e. The van der Waals surface area contributed by atoms with Gasteiger partial charge in [0.1, 0.15) is 0 Å². The van der Waals surface area contributed by atoms with Gasteiger partial charge >= 0.3 is 11.9 Å². The number of carbonyl (C=O) groups excluding carboxylic acids is 4. The minimum atomic E-state index is -0.858. The molecule has 9 heteroatoms. The normalized spacial score (nSPS) is 11.9. The summed E-state index contributed by atoms with van der Waals surface area (Å²) in [4.78, 5) is 64.5. The number of Topliss-reactive ketones (excluding diaryl/α,β-unsaturated/α-hetero) is 2. The number of ketones is 2. The molecule has 0 heterocycles. The molecule has 2 unspecified atom stereocenters. The summed E-state index contributed by atoms with van der Waals surface area (Å²) in [5.41, 5.74) is 0. The van der Waals surface area contributed by atoms with E-state index < -0.39 is 23.5 Å². The van der Waals surface area contributed by atoms with Crippen LogP contribution in [-0.2, 0) is 64.9 Å². The predicted octanol–water partition coefficient (Wildman–Crippen LogP) is 9.21. The quantitative estimate of drug-likeness (QED) is 0.0346.